The van der Waals surface area contributed by atoms with Crippen LogP contribution >= 0.6 is 0 Å². The molecule has 1 aromatic heterocycles. The molecule has 3 heterocycles. The van der Waals surface area contributed by atoms with Gasteiger partial charge in [0.25, 0.3) is 0 Å². The number of halogens is 2. The van der Waals surface area contributed by atoms with Gasteiger partial charge in [-0.25, -0.2) is 8.78 Å². The van der Waals surface area contributed by atoms with Gasteiger partial charge < -0.3 is 9.72 Å². The van der Waals surface area contributed by atoms with Crippen LogP contribution in [0.2, 0.25) is 0 Å². The Morgan fingerprint density at radius 3 is 2.69 bits per heavy atom. The van der Waals surface area contributed by atoms with Crippen LogP contribution in [0.1, 0.15) is 41.8 Å². The second-order valence-corrected chi connectivity index (χ2v) is 7.87. The largest absolute Gasteiger partial charge is 0.380 e. The summed E-state index contributed by atoms with van der Waals surface area (Å²) in [6.45, 7) is 3.89. The number of nitrogens with one attached hydrogen (secondary N) is 1. The van der Waals surface area contributed by atoms with Crippen molar-refractivity contribution in [3.8, 4) is 0 Å². The molecule has 5 rings (SSSR count). The third-order valence-corrected chi connectivity index (χ3v) is 6.18. The fraction of sp³-hybridized carbons (Fsp3) is 0.333. The SMILES string of the molecule is C/C=C/c1cc(F)c(C2c3[nH]c4ccccc4c3CCN2[C@H]2CCOC2)c(F)c1. The number of aromatic nitrogens is 1. The summed E-state index contributed by atoms with van der Waals surface area (Å²) in [6, 6.07) is 10.6. The van der Waals surface area contributed by atoms with Gasteiger partial charge in [-0.1, -0.05) is 30.4 Å². The number of allylic oxidation sites excluding steroid dienone is 1. The first-order valence-corrected chi connectivity index (χ1v) is 10.2. The Bertz CT molecular complexity index is 1060. The minimum Gasteiger partial charge on any atom is -0.380 e. The number of rotatable bonds is 3. The van der Waals surface area contributed by atoms with Gasteiger partial charge in [-0.3, -0.25) is 4.90 Å². The second kappa shape index (κ2) is 7.39. The lowest BCUT2D eigenvalue weighted by Crippen LogP contribution is -2.44. The van der Waals surface area contributed by atoms with Crippen LogP contribution < -0.4 is 0 Å². The third kappa shape index (κ3) is 3.09. The van der Waals surface area contributed by atoms with E-state index in [0.29, 0.717) is 18.8 Å². The lowest BCUT2D eigenvalue weighted by molar-refractivity contribution is 0.112. The maximum absolute atomic E-state index is 15.3. The highest BCUT2D eigenvalue weighted by atomic mass is 19.1. The van der Waals surface area contributed by atoms with Crippen LogP contribution in [0.5, 0.6) is 0 Å². The van der Waals surface area contributed by atoms with E-state index in [4.69, 9.17) is 4.74 Å². The average Bonchev–Trinajstić information content (AvgIpc) is 3.36. The molecule has 1 fully saturated rings. The number of nitrogens with zero attached hydrogens (tertiary/aromatic N) is 1. The molecule has 0 spiro atoms. The minimum atomic E-state index is -0.501. The molecule has 1 N–H and O–H groups in total. The van der Waals surface area contributed by atoms with E-state index in [-0.39, 0.29) is 11.6 Å². The van der Waals surface area contributed by atoms with Gasteiger partial charge in [0.15, 0.2) is 0 Å². The summed E-state index contributed by atoms with van der Waals surface area (Å²) in [5.41, 5.74) is 3.74. The lowest BCUT2D eigenvalue weighted by atomic mass is 9.89. The van der Waals surface area contributed by atoms with E-state index in [1.807, 2.05) is 25.1 Å². The molecule has 2 aliphatic heterocycles. The molecular formula is C24H24F2N2O. The number of benzene rings is 2. The Balaban J connectivity index is 1.70. The summed E-state index contributed by atoms with van der Waals surface area (Å²) in [5, 5.41) is 1.14. The van der Waals surface area contributed by atoms with E-state index < -0.39 is 17.7 Å². The summed E-state index contributed by atoms with van der Waals surface area (Å²) >= 11 is 0. The third-order valence-electron chi connectivity index (χ3n) is 6.18. The normalized spacial score (nSPS) is 22.6. The van der Waals surface area contributed by atoms with Gasteiger partial charge in [0.1, 0.15) is 11.6 Å². The Morgan fingerprint density at radius 1 is 1.17 bits per heavy atom. The van der Waals surface area contributed by atoms with Crippen LogP contribution in [0.15, 0.2) is 42.5 Å². The highest BCUT2D eigenvalue weighted by Gasteiger charge is 2.39. The zero-order chi connectivity index (χ0) is 20.0. The minimum absolute atomic E-state index is 0.123. The number of hydrogen-bond donors (Lipinski definition) is 1. The van der Waals surface area contributed by atoms with Gasteiger partial charge in [0, 0.05) is 41.4 Å². The molecular weight excluding hydrogens is 370 g/mol. The van der Waals surface area contributed by atoms with E-state index in [0.717, 1.165) is 41.5 Å². The molecule has 2 aliphatic rings. The van der Waals surface area contributed by atoms with Crippen LogP contribution in [-0.2, 0) is 11.2 Å². The maximum Gasteiger partial charge on any atom is 0.131 e. The highest BCUT2D eigenvalue weighted by Crippen LogP contribution is 2.42. The summed E-state index contributed by atoms with van der Waals surface area (Å²) < 4.78 is 36.2. The van der Waals surface area contributed by atoms with Crippen molar-refractivity contribution in [1.29, 1.82) is 0 Å². The van der Waals surface area contributed by atoms with Crippen LogP contribution in [-0.4, -0.2) is 35.7 Å². The average molecular weight is 394 g/mol. The Hall–Kier alpha value is -2.50. The van der Waals surface area contributed by atoms with E-state index in [1.165, 1.54) is 12.1 Å². The first-order chi connectivity index (χ1) is 14.2. The summed E-state index contributed by atoms with van der Waals surface area (Å²) in [4.78, 5) is 5.71. The number of aromatic amines is 1. The fourth-order valence-corrected chi connectivity index (χ4v) is 4.90. The molecule has 2 aromatic carbocycles. The molecule has 1 saturated heterocycles. The standard InChI is InChI=1S/C24H24F2N2O/c1-2-5-15-12-19(25)22(20(26)13-15)24-23-18(17-6-3-4-7-21(17)27-23)8-10-28(24)16-9-11-29-14-16/h2-7,12-13,16,24,27H,8-11,14H2,1H3/b5-2+/t16-,24?/m0/s1. The molecule has 3 nitrogen and oxygen atoms in total. The first kappa shape index (κ1) is 18.5. The molecule has 0 bridgehead atoms. The van der Waals surface area contributed by atoms with Gasteiger partial charge in [-0.2, -0.15) is 0 Å². The monoisotopic (exact) mass is 394 g/mol. The van der Waals surface area contributed by atoms with E-state index in [9.17, 15) is 0 Å². The van der Waals surface area contributed by atoms with E-state index in [2.05, 4.69) is 16.0 Å². The van der Waals surface area contributed by atoms with Crippen molar-refractivity contribution in [3.05, 3.63) is 76.5 Å². The molecule has 0 aliphatic carbocycles. The summed E-state index contributed by atoms with van der Waals surface area (Å²) in [7, 11) is 0. The summed E-state index contributed by atoms with van der Waals surface area (Å²) in [5.74, 6) is -1.00. The van der Waals surface area contributed by atoms with E-state index in [1.54, 1.807) is 12.2 Å². The highest BCUT2D eigenvalue weighted by molar-refractivity contribution is 5.85. The van der Waals surface area contributed by atoms with Gasteiger partial charge >= 0.3 is 0 Å². The molecule has 2 atom stereocenters. The number of para-hydroxylation sites is 1. The van der Waals surface area contributed by atoms with Crippen LogP contribution in [0, 0.1) is 11.6 Å². The number of hydrogen-bond acceptors (Lipinski definition) is 2. The van der Waals surface area contributed by atoms with Crippen LogP contribution in [0.4, 0.5) is 8.78 Å². The van der Waals surface area contributed by atoms with Crippen LogP contribution in [0.25, 0.3) is 17.0 Å². The lowest BCUT2D eigenvalue weighted by Gasteiger charge is -2.39. The maximum atomic E-state index is 15.3. The molecule has 0 amide bonds. The van der Waals surface area contributed by atoms with Gasteiger partial charge in [0.2, 0.25) is 0 Å². The van der Waals surface area contributed by atoms with Crippen molar-refractivity contribution in [2.24, 2.45) is 0 Å². The molecule has 1 unspecified atom stereocenters. The first-order valence-electron chi connectivity index (χ1n) is 10.2. The molecule has 5 heteroatoms. The van der Waals surface area contributed by atoms with Crippen molar-refractivity contribution in [2.45, 2.75) is 31.8 Å². The Labute approximate surface area is 169 Å². The van der Waals surface area contributed by atoms with Crippen molar-refractivity contribution in [3.63, 3.8) is 0 Å². The summed E-state index contributed by atoms with van der Waals surface area (Å²) in [6.07, 6.45) is 5.23. The second-order valence-electron chi connectivity index (χ2n) is 7.87. The number of ether oxygens (including phenoxy) is 1. The molecule has 150 valence electrons. The molecule has 0 radical (unpaired) electrons. The predicted molar refractivity (Wildman–Crippen MR) is 111 cm³/mol. The Morgan fingerprint density at radius 2 is 1.97 bits per heavy atom. The molecule has 29 heavy (non-hydrogen) atoms. The van der Waals surface area contributed by atoms with Crippen molar-refractivity contribution in [2.75, 3.05) is 19.8 Å². The van der Waals surface area contributed by atoms with Gasteiger partial charge in [-0.15, -0.1) is 0 Å². The predicted octanol–water partition coefficient (Wildman–Crippen LogP) is 5.22. The zero-order valence-corrected chi connectivity index (χ0v) is 16.4. The number of H-pyrrole nitrogens is 1. The van der Waals surface area contributed by atoms with Crippen molar-refractivity contribution < 1.29 is 13.5 Å². The molecule has 0 saturated carbocycles. The topological polar surface area (TPSA) is 28.3 Å². The fourth-order valence-electron chi connectivity index (χ4n) is 4.90. The van der Waals surface area contributed by atoms with Crippen molar-refractivity contribution >= 4 is 17.0 Å². The van der Waals surface area contributed by atoms with E-state index >= 15 is 8.78 Å². The Kier molecular flexibility index (Phi) is 4.72. The van der Waals surface area contributed by atoms with Crippen molar-refractivity contribution in [1.82, 2.24) is 9.88 Å². The van der Waals surface area contributed by atoms with Gasteiger partial charge in [0.05, 0.1) is 12.6 Å². The smallest absolute Gasteiger partial charge is 0.131 e. The quantitative estimate of drug-likeness (QED) is 0.660. The zero-order valence-electron chi connectivity index (χ0n) is 16.4. The van der Waals surface area contributed by atoms with Gasteiger partial charge in [-0.05, 0) is 49.1 Å². The number of fused-ring (bicyclic) bond motifs is 3. The van der Waals surface area contributed by atoms with Crippen LogP contribution in [0.3, 0.4) is 0 Å². The molecule has 3 aromatic rings.